The van der Waals surface area contributed by atoms with Crippen LogP contribution in [0.15, 0.2) is 40.8 Å². The number of rotatable bonds is 4. The summed E-state index contributed by atoms with van der Waals surface area (Å²) < 4.78 is 5.98. The van der Waals surface area contributed by atoms with Crippen LogP contribution in [0.2, 0.25) is 5.02 Å². The molecule has 0 radical (unpaired) electrons. The lowest BCUT2D eigenvalue weighted by Gasteiger charge is -2.17. The van der Waals surface area contributed by atoms with Crippen molar-refractivity contribution in [3.05, 3.63) is 47.2 Å². The fraction of sp³-hybridized carbons (Fsp3) is 0.474. The minimum Gasteiger partial charge on any atom is -0.455 e. The molecule has 1 aromatic carbocycles. The second kappa shape index (κ2) is 7.85. The van der Waals surface area contributed by atoms with Crippen LogP contribution in [0.1, 0.15) is 50.7 Å². The van der Waals surface area contributed by atoms with Gasteiger partial charge in [-0.2, -0.15) is 0 Å². The molecule has 0 aliphatic heterocycles. The van der Waals surface area contributed by atoms with Crippen LogP contribution in [0.25, 0.3) is 11.3 Å². The summed E-state index contributed by atoms with van der Waals surface area (Å²) in [5.41, 5.74) is 1.05. The van der Waals surface area contributed by atoms with Crippen LogP contribution in [0.3, 0.4) is 0 Å². The van der Waals surface area contributed by atoms with E-state index in [2.05, 4.69) is 11.4 Å². The number of furan rings is 1. The van der Waals surface area contributed by atoms with Crippen molar-refractivity contribution in [2.75, 3.05) is 0 Å². The van der Waals surface area contributed by atoms with Crippen molar-refractivity contribution in [1.29, 1.82) is 0 Å². The third kappa shape index (κ3) is 4.37. The standard InChI is InChI=1S/C19H24ClNO/c20-16-8-6-7-15(13-16)19-12-11-18(22-19)14-21-17-9-4-2-1-3-5-10-17/h6-8,11-13,17,21H,1-5,9-10,14H2/p+1. The van der Waals surface area contributed by atoms with E-state index in [1.54, 1.807) is 0 Å². The molecule has 2 aromatic rings. The van der Waals surface area contributed by atoms with E-state index in [-0.39, 0.29) is 0 Å². The van der Waals surface area contributed by atoms with E-state index in [9.17, 15) is 0 Å². The summed E-state index contributed by atoms with van der Waals surface area (Å²) in [5, 5.41) is 3.21. The fourth-order valence-corrected chi connectivity index (χ4v) is 3.48. The van der Waals surface area contributed by atoms with Gasteiger partial charge in [-0.05, 0) is 49.9 Å². The molecule has 0 spiro atoms. The zero-order chi connectivity index (χ0) is 15.2. The molecule has 0 atom stereocenters. The maximum absolute atomic E-state index is 6.05. The molecule has 22 heavy (non-hydrogen) atoms. The van der Waals surface area contributed by atoms with E-state index in [0.717, 1.165) is 34.7 Å². The van der Waals surface area contributed by atoms with E-state index in [0.29, 0.717) is 0 Å². The van der Waals surface area contributed by atoms with Crippen LogP contribution in [-0.2, 0) is 6.54 Å². The summed E-state index contributed by atoms with van der Waals surface area (Å²) in [5.74, 6) is 1.96. The second-order valence-electron chi connectivity index (χ2n) is 6.32. The van der Waals surface area contributed by atoms with Gasteiger partial charge in [-0.1, -0.05) is 43.0 Å². The number of benzene rings is 1. The quantitative estimate of drug-likeness (QED) is 0.864. The van der Waals surface area contributed by atoms with Crippen LogP contribution in [0, 0.1) is 0 Å². The Morgan fingerprint density at radius 3 is 2.55 bits per heavy atom. The third-order valence-electron chi connectivity index (χ3n) is 4.57. The molecule has 3 rings (SSSR count). The van der Waals surface area contributed by atoms with Crippen LogP contribution in [-0.4, -0.2) is 6.04 Å². The molecule has 1 aromatic heterocycles. The zero-order valence-corrected chi connectivity index (χ0v) is 13.8. The predicted molar refractivity (Wildman–Crippen MR) is 90.9 cm³/mol. The van der Waals surface area contributed by atoms with Gasteiger partial charge in [0.1, 0.15) is 12.3 Å². The largest absolute Gasteiger partial charge is 0.455 e. The number of quaternary nitrogens is 1. The Morgan fingerprint density at radius 1 is 1.00 bits per heavy atom. The van der Waals surface area contributed by atoms with Crippen molar-refractivity contribution in [3.8, 4) is 11.3 Å². The molecule has 2 N–H and O–H groups in total. The molecule has 2 nitrogen and oxygen atoms in total. The lowest BCUT2D eigenvalue weighted by molar-refractivity contribution is -0.707. The van der Waals surface area contributed by atoms with Crippen molar-refractivity contribution >= 4 is 11.6 Å². The normalized spacial score (nSPS) is 17.1. The molecule has 0 amide bonds. The maximum Gasteiger partial charge on any atom is 0.158 e. The van der Waals surface area contributed by atoms with Crippen molar-refractivity contribution in [2.45, 2.75) is 57.5 Å². The van der Waals surface area contributed by atoms with Gasteiger partial charge in [0, 0.05) is 10.6 Å². The summed E-state index contributed by atoms with van der Waals surface area (Å²) >= 11 is 6.05. The topological polar surface area (TPSA) is 29.8 Å². The average Bonchev–Trinajstić information content (AvgIpc) is 2.95. The van der Waals surface area contributed by atoms with Gasteiger partial charge in [-0.25, -0.2) is 0 Å². The highest BCUT2D eigenvalue weighted by Crippen LogP contribution is 2.24. The summed E-state index contributed by atoms with van der Waals surface area (Å²) in [7, 11) is 0. The molecule has 1 fully saturated rings. The van der Waals surface area contributed by atoms with Gasteiger partial charge < -0.3 is 9.73 Å². The fourth-order valence-electron chi connectivity index (χ4n) is 3.29. The lowest BCUT2D eigenvalue weighted by atomic mass is 9.97. The van der Waals surface area contributed by atoms with Gasteiger partial charge in [0.25, 0.3) is 0 Å². The lowest BCUT2D eigenvalue weighted by Crippen LogP contribution is -2.88. The highest BCUT2D eigenvalue weighted by Gasteiger charge is 2.15. The van der Waals surface area contributed by atoms with E-state index < -0.39 is 0 Å². The summed E-state index contributed by atoms with van der Waals surface area (Å²) in [6.45, 7) is 0.936. The van der Waals surface area contributed by atoms with Gasteiger partial charge >= 0.3 is 0 Å². The minimum atomic E-state index is 0.747. The van der Waals surface area contributed by atoms with Crippen molar-refractivity contribution < 1.29 is 9.73 Å². The number of nitrogens with two attached hydrogens (primary N) is 1. The second-order valence-corrected chi connectivity index (χ2v) is 6.76. The average molecular weight is 319 g/mol. The molecule has 0 unspecified atom stereocenters. The Kier molecular flexibility index (Phi) is 5.58. The van der Waals surface area contributed by atoms with E-state index in [1.165, 1.54) is 44.9 Å². The first-order valence-electron chi connectivity index (χ1n) is 8.49. The molecule has 0 saturated heterocycles. The Bertz CT molecular complexity index is 585. The monoisotopic (exact) mass is 318 g/mol. The molecule has 1 saturated carbocycles. The number of halogens is 1. The summed E-state index contributed by atoms with van der Waals surface area (Å²) in [6.07, 6.45) is 9.70. The highest BCUT2D eigenvalue weighted by atomic mass is 35.5. The Labute approximate surface area is 137 Å². The summed E-state index contributed by atoms with van der Waals surface area (Å²) in [6, 6.07) is 12.7. The van der Waals surface area contributed by atoms with Crippen molar-refractivity contribution in [2.24, 2.45) is 0 Å². The third-order valence-corrected chi connectivity index (χ3v) is 4.81. The molecule has 1 heterocycles. The Balaban J connectivity index is 1.57. The molecule has 118 valence electrons. The van der Waals surface area contributed by atoms with Crippen LogP contribution in [0.4, 0.5) is 0 Å². The van der Waals surface area contributed by atoms with Gasteiger partial charge in [-0.15, -0.1) is 0 Å². The summed E-state index contributed by atoms with van der Waals surface area (Å²) in [4.78, 5) is 0. The zero-order valence-electron chi connectivity index (χ0n) is 13.1. The first-order chi connectivity index (χ1) is 10.8. The minimum absolute atomic E-state index is 0.747. The molecular formula is C19H25ClNO+. The molecule has 3 heteroatoms. The van der Waals surface area contributed by atoms with Crippen LogP contribution >= 0.6 is 11.6 Å². The smallest absolute Gasteiger partial charge is 0.158 e. The van der Waals surface area contributed by atoms with Gasteiger partial charge in [-0.3, -0.25) is 0 Å². The van der Waals surface area contributed by atoms with Gasteiger partial charge in [0.05, 0.1) is 6.04 Å². The van der Waals surface area contributed by atoms with Gasteiger partial charge in [0.2, 0.25) is 0 Å². The maximum atomic E-state index is 6.05. The van der Waals surface area contributed by atoms with Crippen LogP contribution in [0.5, 0.6) is 0 Å². The molecule has 0 bridgehead atoms. The predicted octanol–water partition coefficient (Wildman–Crippen LogP) is 4.78. The molecule has 1 aliphatic carbocycles. The first kappa shape index (κ1) is 15.6. The van der Waals surface area contributed by atoms with E-state index in [1.807, 2.05) is 30.3 Å². The Morgan fingerprint density at radius 2 is 1.77 bits per heavy atom. The highest BCUT2D eigenvalue weighted by molar-refractivity contribution is 6.30. The van der Waals surface area contributed by atoms with Crippen molar-refractivity contribution in [3.63, 3.8) is 0 Å². The van der Waals surface area contributed by atoms with E-state index >= 15 is 0 Å². The van der Waals surface area contributed by atoms with Crippen LogP contribution < -0.4 is 5.32 Å². The number of hydrogen-bond acceptors (Lipinski definition) is 1. The number of hydrogen-bond donors (Lipinski definition) is 1. The molecule has 1 aliphatic rings. The van der Waals surface area contributed by atoms with Crippen molar-refractivity contribution in [1.82, 2.24) is 0 Å². The van der Waals surface area contributed by atoms with E-state index in [4.69, 9.17) is 16.0 Å². The van der Waals surface area contributed by atoms with Gasteiger partial charge in [0.15, 0.2) is 5.76 Å². The Hall–Kier alpha value is -1.25. The first-order valence-corrected chi connectivity index (χ1v) is 8.87. The SMILES string of the molecule is Clc1cccc(-c2ccc(C[NH2+]C3CCCCCCC3)o2)c1. The molecular weight excluding hydrogens is 294 g/mol.